The van der Waals surface area contributed by atoms with Crippen LogP contribution in [0.25, 0.3) is 0 Å². The second kappa shape index (κ2) is 4.20. The zero-order chi connectivity index (χ0) is 12.5. The number of hydrogen-bond donors (Lipinski definition) is 1. The molecule has 90 valence electrons. The van der Waals surface area contributed by atoms with Gasteiger partial charge in [0.05, 0.1) is 0 Å². The molecule has 17 heavy (non-hydrogen) atoms. The number of carboxylic acids is 1. The second-order valence-corrected chi connectivity index (χ2v) is 4.53. The van der Waals surface area contributed by atoms with E-state index in [2.05, 4.69) is 0 Å². The second-order valence-electron chi connectivity index (χ2n) is 4.53. The zero-order valence-electron chi connectivity index (χ0n) is 9.72. The summed E-state index contributed by atoms with van der Waals surface area (Å²) >= 11 is 0. The third kappa shape index (κ3) is 2.16. The Morgan fingerprint density at radius 1 is 1.29 bits per heavy atom. The van der Waals surface area contributed by atoms with E-state index in [1.54, 1.807) is 7.05 Å². The van der Waals surface area contributed by atoms with Gasteiger partial charge in [-0.05, 0) is 18.4 Å². The predicted octanol–water partition coefficient (Wildman–Crippen LogP) is 1.51. The predicted molar refractivity (Wildman–Crippen MR) is 62.2 cm³/mol. The number of amides is 1. The molecule has 0 spiro atoms. The summed E-state index contributed by atoms with van der Waals surface area (Å²) in [5, 5.41) is 9.04. The molecule has 1 amide bonds. The molecule has 1 fully saturated rings. The number of carbonyl (C=O) groups excluding carboxylic acids is 1. The highest BCUT2D eigenvalue weighted by atomic mass is 16.4. The maximum atomic E-state index is 12.0. The van der Waals surface area contributed by atoms with Crippen molar-refractivity contribution in [1.29, 1.82) is 0 Å². The Labute approximate surface area is 99.9 Å². The lowest BCUT2D eigenvalue weighted by atomic mass is 10.1. The molecule has 1 aromatic carbocycles. The molecule has 0 saturated heterocycles. The van der Waals surface area contributed by atoms with Crippen LogP contribution in [0.1, 0.15) is 18.4 Å². The van der Waals surface area contributed by atoms with Crippen LogP contribution in [-0.4, -0.2) is 28.9 Å². The summed E-state index contributed by atoms with van der Waals surface area (Å²) in [4.78, 5) is 24.5. The van der Waals surface area contributed by atoms with Crippen molar-refractivity contribution in [2.45, 2.75) is 19.4 Å². The highest BCUT2D eigenvalue weighted by Crippen LogP contribution is 2.47. The molecule has 0 atom stereocenters. The van der Waals surface area contributed by atoms with Gasteiger partial charge in [0.2, 0.25) is 5.91 Å². The fraction of sp³-hybridized carbons (Fsp3) is 0.385. The molecule has 2 rings (SSSR count). The molecule has 0 aliphatic heterocycles. The fourth-order valence-electron chi connectivity index (χ4n) is 1.94. The van der Waals surface area contributed by atoms with Crippen LogP contribution < -0.4 is 0 Å². The van der Waals surface area contributed by atoms with Crippen molar-refractivity contribution < 1.29 is 14.7 Å². The van der Waals surface area contributed by atoms with Crippen LogP contribution in [0.5, 0.6) is 0 Å². The summed E-state index contributed by atoms with van der Waals surface area (Å²) in [6.07, 6.45) is 0.917. The van der Waals surface area contributed by atoms with Gasteiger partial charge in [-0.1, -0.05) is 30.3 Å². The van der Waals surface area contributed by atoms with E-state index in [0.29, 0.717) is 19.4 Å². The molecule has 0 aromatic heterocycles. The van der Waals surface area contributed by atoms with Crippen molar-refractivity contribution in [2.75, 3.05) is 7.05 Å². The number of carbonyl (C=O) groups is 2. The molecule has 1 aliphatic carbocycles. The van der Waals surface area contributed by atoms with Gasteiger partial charge in [-0.25, -0.2) is 0 Å². The van der Waals surface area contributed by atoms with Gasteiger partial charge in [-0.15, -0.1) is 0 Å². The summed E-state index contributed by atoms with van der Waals surface area (Å²) in [7, 11) is 1.65. The maximum Gasteiger partial charge on any atom is 0.319 e. The van der Waals surface area contributed by atoms with Crippen LogP contribution >= 0.6 is 0 Å². The largest absolute Gasteiger partial charge is 0.480 e. The smallest absolute Gasteiger partial charge is 0.319 e. The molecule has 0 radical (unpaired) electrons. The first-order valence-corrected chi connectivity index (χ1v) is 5.59. The minimum atomic E-state index is -1.14. The zero-order valence-corrected chi connectivity index (χ0v) is 9.72. The van der Waals surface area contributed by atoms with Gasteiger partial charge in [-0.2, -0.15) is 0 Å². The van der Waals surface area contributed by atoms with Crippen LogP contribution in [0.2, 0.25) is 0 Å². The number of hydrogen-bond acceptors (Lipinski definition) is 2. The Morgan fingerprint density at radius 3 is 2.35 bits per heavy atom. The number of aliphatic carboxylic acids is 1. The third-order valence-corrected chi connectivity index (χ3v) is 3.18. The van der Waals surface area contributed by atoms with Crippen LogP contribution in [0.3, 0.4) is 0 Å². The standard InChI is InChI=1S/C13H15NO3/c1-14(9-10-5-3-2-4-6-10)11(15)13(7-8-13)12(16)17/h2-6H,7-9H2,1H3,(H,16,17). The van der Waals surface area contributed by atoms with E-state index >= 15 is 0 Å². The minimum absolute atomic E-state index is 0.283. The number of benzene rings is 1. The molecule has 1 saturated carbocycles. The first-order valence-electron chi connectivity index (χ1n) is 5.59. The summed E-state index contributed by atoms with van der Waals surface area (Å²) < 4.78 is 0. The summed E-state index contributed by atoms with van der Waals surface area (Å²) in [6, 6.07) is 9.55. The van der Waals surface area contributed by atoms with E-state index in [-0.39, 0.29) is 5.91 Å². The van der Waals surface area contributed by atoms with Gasteiger partial charge in [-0.3, -0.25) is 9.59 Å². The van der Waals surface area contributed by atoms with Crippen molar-refractivity contribution in [3.63, 3.8) is 0 Å². The van der Waals surface area contributed by atoms with Crippen molar-refractivity contribution >= 4 is 11.9 Å². The Bertz CT molecular complexity index is 437. The van der Waals surface area contributed by atoms with Crippen molar-refractivity contribution in [2.24, 2.45) is 5.41 Å². The van der Waals surface area contributed by atoms with E-state index < -0.39 is 11.4 Å². The van der Waals surface area contributed by atoms with Gasteiger partial charge in [0, 0.05) is 13.6 Å². The molecule has 0 bridgehead atoms. The SMILES string of the molecule is CN(Cc1ccccc1)C(=O)C1(C(=O)O)CC1. The molecule has 1 aliphatic rings. The maximum absolute atomic E-state index is 12.0. The quantitative estimate of drug-likeness (QED) is 0.802. The van der Waals surface area contributed by atoms with Crippen LogP contribution in [0.4, 0.5) is 0 Å². The fourth-order valence-corrected chi connectivity index (χ4v) is 1.94. The van der Waals surface area contributed by atoms with E-state index in [1.165, 1.54) is 4.90 Å². The highest BCUT2D eigenvalue weighted by Gasteiger charge is 2.58. The lowest BCUT2D eigenvalue weighted by molar-refractivity contribution is -0.153. The average molecular weight is 233 g/mol. The Hall–Kier alpha value is -1.84. The Morgan fingerprint density at radius 2 is 1.88 bits per heavy atom. The van der Waals surface area contributed by atoms with Crippen molar-refractivity contribution in [3.05, 3.63) is 35.9 Å². The van der Waals surface area contributed by atoms with Crippen molar-refractivity contribution in [1.82, 2.24) is 4.90 Å². The van der Waals surface area contributed by atoms with Gasteiger partial charge < -0.3 is 10.0 Å². The molecule has 0 heterocycles. The number of nitrogens with zero attached hydrogens (tertiary/aromatic N) is 1. The minimum Gasteiger partial charge on any atom is -0.480 e. The monoisotopic (exact) mass is 233 g/mol. The van der Waals surface area contributed by atoms with Crippen LogP contribution in [0, 0.1) is 5.41 Å². The Kier molecular flexibility index (Phi) is 2.88. The molecule has 1 aromatic rings. The van der Waals surface area contributed by atoms with Gasteiger partial charge in [0.15, 0.2) is 0 Å². The van der Waals surface area contributed by atoms with E-state index in [4.69, 9.17) is 5.11 Å². The van der Waals surface area contributed by atoms with E-state index in [9.17, 15) is 9.59 Å². The van der Waals surface area contributed by atoms with Crippen LogP contribution in [-0.2, 0) is 16.1 Å². The Balaban J connectivity index is 2.04. The van der Waals surface area contributed by atoms with E-state index in [0.717, 1.165) is 5.56 Å². The van der Waals surface area contributed by atoms with Gasteiger partial charge in [0.25, 0.3) is 0 Å². The third-order valence-electron chi connectivity index (χ3n) is 3.18. The highest BCUT2D eigenvalue weighted by molar-refractivity contribution is 6.04. The summed E-state index contributed by atoms with van der Waals surface area (Å²) in [5.41, 5.74) is -0.131. The van der Waals surface area contributed by atoms with Gasteiger partial charge in [0.1, 0.15) is 5.41 Å². The first kappa shape index (κ1) is 11.6. The summed E-state index contributed by atoms with van der Waals surface area (Å²) in [6.45, 7) is 0.453. The first-order chi connectivity index (χ1) is 8.06. The van der Waals surface area contributed by atoms with Crippen molar-refractivity contribution in [3.8, 4) is 0 Å². The van der Waals surface area contributed by atoms with Gasteiger partial charge >= 0.3 is 5.97 Å². The molecule has 0 unspecified atom stereocenters. The number of carboxylic acid groups (broad SMARTS) is 1. The number of rotatable bonds is 4. The molecule has 4 heteroatoms. The topological polar surface area (TPSA) is 57.6 Å². The van der Waals surface area contributed by atoms with E-state index in [1.807, 2.05) is 30.3 Å². The summed E-state index contributed by atoms with van der Waals surface area (Å²) in [5.74, 6) is -1.28. The lowest BCUT2D eigenvalue weighted by Gasteiger charge is -2.21. The molecular weight excluding hydrogens is 218 g/mol. The van der Waals surface area contributed by atoms with Crippen LogP contribution in [0.15, 0.2) is 30.3 Å². The molecule has 4 nitrogen and oxygen atoms in total. The molecular formula is C13H15NO3. The normalized spacial score (nSPS) is 16.3. The lowest BCUT2D eigenvalue weighted by Crippen LogP contribution is -2.38. The molecule has 1 N–H and O–H groups in total. The average Bonchev–Trinajstić information content (AvgIpc) is 3.10.